The summed E-state index contributed by atoms with van der Waals surface area (Å²) in [6.45, 7) is 0. The van der Waals surface area contributed by atoms with Crippen LogP contribution in [0.1, 0.15) is 25.7 Å². The molecule has 7 aliphatic rings. The van der Waals surface area contributed by atoms with Crippen molar-refractivity contribution in [2.45, 2.75) is 31.8 Å². The highest BCUT2D eigenvalue weighted by atomic mass is 16.6. The first-order valence-corrected chi connectivity index (χ1v) is 11.2. The first-order chi connectivity index (χ1) is 14.0. The van der Waals surface area contributed by atoms with Gasteiger partial charge >= 0.3 is 17.9 Å². The molecular formula is C23H26O6. The predicted molar refractivity (Wildman–Crippen MR) is 98.0 cm³/mol. The molecule has 1 aliphatic heterocycles. The molecular weight excluding hydrogens is 372 g/mol. The average molecular weight is 398 g/mol. The van der Waals surface area contributed by atoms with Gasteiger partial charge in [-0.2, -0.15) is 0 Å². The van der Waals surface area contributed by atoms with Gasteiger partial charge in [-0.15, -0.1) is 0 Å². The molecule has 0 radical (unpaired) electrons. The second-order valence-electron chi connectivity index (χ2n) is 10.9. The minimum absolute atomic E-state index is 0.0870. The van der Waals surface area contributed by atoms with Gasteiger partial charge in [-0.05, 0) is 66.6 Å². The van der Waals surface area contributed by atoms with Crippen molar-refractivity contribution in [2.75, 3.05) is 7.11 Å². The van der Waals surface area contributed by atoms with E-state index in [2.05, 4.69) is 12.2 Å². The van der Waals surface area contributed by atoms with Crippen LogP contribution in [0, 0.1) is 70.5 Å². The van der Waals surface area contributed by atoms with Gasteiger partial charge in [0.15, 0.2) is 0 Å². The zero-order valence-electron chi connectivity index (χ0n) is 16.4. The fourth-order valence-electron chi connectivity index (χ4n) is 10.2. The van der Waals surface area contributed by atoms with E-state index in [-0.39, 0.29) is 59.0 Å². The van der Waals surface area contributed by atoms with Crippen LogP contribution in [0.3, 0.4) is 0 Å². The van der Waals surface area contributed by atoms with Crippen LogP contribution in [-0.2, 0) is 23.9 Å². The number of methoxy groups -OCH3 is 1. The molecule has 13 unspecified atom stereocenters. The van der Waals surface area contributed by atoms with Gasteiger partial charge in [0.2, 0.25) is 0 Å². The Labute approximate surface area is 169 Å². The van der Waals surface area contributed by atoms with Crippen LogP contribution in [0.25, 0.3) is 0 Å². The lowest BCUT2D eigenvalue weighted by molar-refractivity contribution is -0.154. The summed E-state index contributed by atoms with van der Waals surface area (Å²) in [5.74, 6) is 0.231. The molecule has 6 fully saturated rings. The Kier molecular flexibility index (Phi) is 2.95. The largest absolute Gasteiger partial charge is 0.481 e. The molecule has 0 spiro atoms. The number of ether oxygens (including phenoxy) is 2. The third kappa shape index (κ3) is 1.68. The number of esters is 2. The molecule has 0 aromatic carbocycles. The number of allylic oxidation sites excluding steroid dienone is 2. The number of fused-ring (bicyclic) bond motifs is 10. The fraction of sp³-hybridized carbons (Fsp3) is 0.783. The average Bonchev–Trinajstić information content (AvgIpc) is 3.51. The molecule has 154 valence electrons. The molecule has 0 aromatic heterocycles. The fourth-order valence-corrected chi connectivity index (χ4v) is 10.2. The van der Waals surface area contributed by atoms with E-state index in [1.807, 2.05) is 0 Å². The predicted octanol–water partition coefficient (Wildman–Crippen LogP) is 2.13. The highest BCUT2D eigenvalue weighted by Crippen LogP contribution is 2.79. The lowest BCUT2D eigenvalue weighted by atomic mass is 9.54. The van der Waals surface area contributed by atoms with Gasteiger partial charge in [-0.1, -0.05) is 12.2 Å². The van der Waals surface area contributed by atoms with Gasteiger partial charge in [0.25, 0.3) is 0 Å². The van der Waals surface area contributed by atoms with Gasteiger partial charge in [0.05, 0.1) is 24.9 Å². The lowest BCUT2D eigenvalue weighted by Gasteiger charge is -2.49. The molecule has 29 heavy (non-hydrogen) atoms. The molecule has 5 saturated carbocycles. The Bertz CT molecular complexity index is 879. The van der Waals surface area contributed by atoms with Crippen LogP contribution in [0.4, 0.5) is 0 Å². The minimum Gasteiger partial charge on any atom is -0.481 e. The smallest absolute Gasteiger partial charge is 0.310 e. The van der Waals surface area contributed by atoms with Crippen LogP contribution in [0.15, 0.2) is 12.2 Å². The molecule has 6 nitrogen and oxygen atoms in total. The summed E-state index contributed by atoms with van der Waals surface area (Å²) in [7, 11) is 1.40. The number of carbonyl (C=O) groups is 3. The van der Waals surface area contributed by atoms with Crippen LogP contribution >= 0.6 is 0 Å². The standard InChI is InChI=1S/C23H26O6/c1-28-21(26)15-10-5-11-16(15)22(27)29-19(11)18(10)23-6-12(13(7-23)20(24)25)14-8-2-3-9(4-8)17(14)23/h2-3,8-19H,4-7H2,1H3,(H,24,25). The topological polar surface area (TPSA) is 89.9 Å². The van der Waals surface area contributed by atoms with E-state index < -0.39 is 11.9 Å². The van der Waals surface area contributed by atoms with Crippen molar-refractivity contribution >= 4 is 17.9 Å². The van der Waals surface area contributed by atoms with Crippen LogP contribution in [0.5, 0.6) is 0 Å². The Morgan fingerprint density at radius 1 is 1.10 bits per heavy atom. The second-order valence-corrected chi connectivity index (χ2v) is 10.9. The van der Waals surface area contributed by atoms with Crippen LogP contribution < -0.4 is 0 Å². The number of carboxylic acids is 1. The summed E-state index contributed by atoms with van der Waals surface area (Å²) in [4.78, 5) is 37.5. The molecule has 0 amide bonds. The second kappa shape index (κ2) is 5.06. The summed E-state index contributed by atoms with van der Waals surface area (Å²) < 4.78 is 11.1. The van der Waals surface area contributed by atoms with E-state index in [0.717, 1.165) is 19.3 Å². The monoisotopic (exact) mass is 398 g/mol. The maximum Gasteiger partial charge on any atom is 0.310 e. The highest BCUT2D eigenvalue weighted by molar-refractivity contribution is 5.86. The van der Waals surface area contributed by atoms with Crippen molar-refractivity contribution in [3.63, 3.8) is 0 Å². The Balaban J connectivity index is 1.36. The number of rotatable bonds is 3. The first-order valence-electron chi connectivity index (χ1n) is 11.2. The minimum atomic E-state index is -0.670. The van der Waals surface area contributed by atoms with Gasteiger partial charge in [0, 0.05) is 11.8 Å². The van der Waals surface area contributed by atoms with Gasteiger partial charge in [-0.3, -0.25) is 14.4 Å². The van der Waals surface area contributed by atoms with Crippen molar-refractivity contribution in [1.29, 1.82) is 0 Å². The van der Waals surface area contributed by atoms with Crippen molar-refractivity contribution < 1.29 is 29.0 Å². The molecule has 6 aliphatic carbocycles. The molecule has 1 heterocycles. The molecule has 1 saturated heterocycles. The Hall–Kier alpha value is -1.85. The number of hydrogen-bond donors (Lipinski definition) is 1. The highest BCUT2D eigenvalue weighted by Gasteiger charge is 2.78. The maximum atomic E-state index is 12.7. The normalized spacial score (nSPS) is 59.4. The summed E-state index contributed by atoms with van der Waals surface area (Å²) in [6.07, 6.45) is 8.15. The van der Waals surface area contributed by atoms with Gasteiger partial charge in [-0.25, -0.2) is 0 Å². The van der Waals surface area contributed by atoms with Gasteiger partial charge in [0.1, 0.15) is 6.10 Å². The maximum absolute atomic E-state index is 12.7. The number of hydrogen-bond acceptors (Lipinski definition) is 5. The zero-order valence-corrected chi connectivity index (χ0v) is 16.4. The zero-order chi connectivity index (χ0) is 19.8. The van der Waals surface area contributed by atoms with Crippen molar-refractivity contribution in [3.05, 3.63) is 12.2 Å². The van der Waals surface area contributed by atoms with E-state index in [0.29, 0.717) is 30.1 Å². The molecule has 1 N–H and O–H groups in total. The number of carboxylic acid groups (broad SMARTS) is 1. The molecule has 6 heteroatoms. The van der Waals surface area contributed by atoms with Crippen molar-refractivity contribution in [1.82, 2.24) is 0 Å². The molecule has 7 rings (SSSR count). The quantitative estimate of drug-likeness (QED) is 0.445. The summed E-state index contributed by atoms with van der Waals surface area (Å²) in [6, 6.07) is 0. The van der Waals surface area contributed by atoms with E-state index in [9.17, 15) is 19.5 Å². The molecule has 0 aromatic rings. The van der Waals surface area contributed by atoms with E-state index in [4.69, 9.17) is 9.47 Å². The SMILES string of the molecule is COC(=O)C1C2CC3C(OC(=O)C31)C2C12CC(C(=O)O)C(C1)C1C3C=CC(C3)C12. The third-order valence-electron chi connectivity index (χ3n) is 10.5. The van der Waals surface area contributed by atoms with Crippen molar-refractivity contribution in [3.8, 4) is 0 Å². The Morgan fingerprint density at radius 2 is 1.90 bits per heavy atom. The van der Waals surface area contributed by atoms with E-state index in [1.165, 1.54) is 7.11 Å². The van der Waals surface area contributed by atoms with Crippen LogP contribution in [0.2, 0.25) is 0 Å². The summed E-state index contributed by atoms with van der Waals surface area (Å²) in [5.41, 5.74) is -0.117. The molecule has 6 bridgehead atoms. The summed E-state index contributed by atoms with van der Waals surface area (Å²) >= 11 is 0. The lowest BCUT2D eigenvalue weighted by Crippen LogP contribution is -2.50. The summed E-state index contributed by atoms with van der Waals surface area (Å²) in [5, 5.41) is 9.99. The van der Waals surface area contributed by atoms with Crippen LogP contribution in [-0.4, -0.2) is 36.2 Å². The third-order valence-corrected chi connectivity index (χ3v) is 10.5. The molecule has 13 atom stereocenters. The van der Waals surface area contributed by atoms with Gasteiger partial charge < -0.3 is 14.6 Å². The Morgan fingerprint density at radius 3 is 2.66 bits per heavy atom. The van der Waals surface area contributed by atoms with Crippen molar-refractivity contribution in [2.24, 2.45) is 70.5 Å². The number of carbonyl (C=O) groups excluding carboxylic acids is 2. The first kappa shape index (κ1) is 16.9. The van der Waals surface area contributed by atoms with E-state index >= 15 is 0 Å². The number of aliphatic carboxylic acids is 1. The van der Waals surface area contributed by atoms with E-state index in [1.54, 1.807) is 0 Å².